The Balaban J connectivity index is 1.38. The summed E-state index contributed by atoms with van der Waals surface area (Å²) in [4.78, 5) is 18.6. The summed E-state index contributed by atoms with van der Waals surface area (Å²) in [5.41, 5.74) is -0.479. The monoisotopic (exact) mass is 410 g/mol. The molecule has 2 fully saturated rings. The number of pyridine rings is 1. The fourth-order valence-corrected chi connectivity index (χ4v) is 4.86. The van der Waals surface area contributed by atoms with Crippen LogP contribution in [0.1, 0.15) is 41.8 Å². The first-order valence-corrected chi connectivity index (χ1v) is 9.96. The summed E-state index contributed by atoms with van der Waals surface area (Å²) in [6, 6.07) is 11.9. The Bertz CT molecular complexity index is 1080. The number of nitrogens with zero attached hydrogens (tertiary/aromatic N) is 2. The molecule has 0 aliphatic carbocycles. The Kier molecular flexibility index (Phi) is 4.43. The van der Waals surface area contributed by atoms with Crippen molar-refractivity contribution < 1.29 is 23.1 Å². The zero-order valence-electron chi connectivity index (χ0n) is 16.1. The van der Waals surface area contributed by atoms with Crippen LogP contribution in [0, 0.1) is 11.8 Å². The molecule has 0 saturated carbocycles. The third kappa shape index (κ3) is 3.10. The van der Waals surface area contributed by atoms with E-state index in [0.717, 1.165) is 12.8 Å². The molecule has 2 bridgehead atoms. The van der Waals surface area contributed by atoms with Crippen LogP contribution in [0.25, 0.3) is 11.3 Å². The quantitative estimate of drug-likeness (QED) is 0.655. The number of piperidine rings is 1. The van der Waals surface area contributed by atoms with E-state index in [2.05, 4.69) is 4.98 Å². The number of aliphatic hydroxyl groups is 1. The number of carbonyl (C=O) groups is 1. The molecule has 30 heavy (non-hydrogen) atoms. The molecule has 5 nitrogen and oxygen atoms in total. The lowest BCUT2D eigenvalue weighted by molar-refractivity contribution is -0.0510. The lowest BCUT2D eigenvalue weighted by atomic mass is 9.81. The Morgan fingerprint density at radius 2 is 1.77 bits per heavy atom. The third-order valence-corrected chi connectivity index (χ3v) is 6.21. The molecule has 5 rings (SSSR count). The van der Waals surface area contributed by atoms with Crippen molar-refractivity contribution in [2.24, 2.45) is 0 Å². The predicted octanol–water partition coefficient (Wildman–Crippen LogP) is 4.27. The van der Waals surface area contributed by atoms with Gasteiger partial charge in [-0.25, -0.2) is 9.37 Å². The Morgan fingerprint density at radius 1 is 1.07 bits per heavy atom. The average Bonchev–Trinajstić information content (AvgIpc) is 3.32. The summed E-state index contributed by atoms with van der Waals surface area (Å²) in [7, 11) is 0. The molecule has 154 valence electrons. The molecular weight excluding hydrogens is 390 g/mol. The zero-order chi connectivity index (χ0) is 20.9. The minimum atomic E-state index is -1.34. The summed E-state index contributed by atoms with van der Waals surface area (Å²) >= 11 is 0. The van der Waals surface area contributed by atoms with Crippen molar-refractivity contribution >= 4 is 5.91 Å². The molecule has 7 heteroatoms. The first-order chi connectivity index (χ1) is 14.4. The van der Waals surface area contributed by atoms with Gasteiger partial charge in [0.05, 0.1) is 5.60 Å². The zero-order valence-corrected chi connectivity index (χ0v) is 16.1. The SMILES string of the molecule is O=C(c1ccc(-c2ccc(F)cc2)o1)N1C2CCC1CC(O)(c1cccnc1F)C2. The van der Waals surface area contributed by atoms with Crippen molar-refractivity contribution in [3.8, 4) is 11.3 Å². The number of rotatable bonds is 3. The second-order valence-corrected chi connectivity index (χ2v) is 8.05. The maximum absolute atomic E-state index is 14.2. The number of benzene rings is 1. The molecule has 2 aliphatic rings. The van der Waals surface area contributed by atoms with E-state index in [1.54, 1.807) is 41.3 Å². The maximum Gasteiger partial charge on any atom is 0.290 e. The highest BCUT2D eigenvalue weighted by atomic mass is 19.1. The molecule has 3 aromatic rings. The van der Waals surface area contributed by atoms with Crippen LogP contribution in [0.4, 0.5) is 8.78 Å². The summed E-state index contributed by atoms with van der Waals surface area (Å²) < 4.78 is 33.1. The predicted molar refractivity (Wildman–Crippen MR) is 104 cm³/mol. The van der Waals surface area contributed by atoms with E-state index in [9.17, 15) is 18.7 Å². The van der Waals surface area contributed by atoms with Gasteiger partial charge in [0.25, 0.3) is 5.91 Å². The van der Waals surface area contributed by atoms with Crippen molar-refractivity contribution in [3.63, 3.8) is 0 Å². The highest BCUT2D eigenvalue weighted by Crippen LogP contribution is 2.46. The van der Waals surface area contributed by atoms with Gasteiger partial charge in [-0.15, -0.1) is 0 Å². The van der Waals surface area contributed by atoms with Crippen LogP contribution in [-0.2, 0) is 5.60 Å². The fraction of sp³-hybridized carbons (Fsp3) is 0.304. The molecule has 0 spiro atoms. The first-order valence-electron chi connectivity index (χ1n) is 9.96. The van der Waals surface area contributed by atoms with Gasteiger partial charge in [-0.2, -0.15) is 4.39 Å². The number of hydrogen-bond acceptors (Lipinski definition) is 4. The van der Waals surface area contributed by atoms with Gasteiger partial charge in [0.1, 0.15) is 11.6 Å². The van der Waals surface area contributed by atoms with Gasteiger partial charge >= 0.3 is 0 Å². The molecule has 2 unspecified atom stereocenters. The van der Waals surface area contributed by atoms with Crippen molar-refractivity contribution in [2.45, 2.75) is 43.4 Å². The summed E-state index contributed by atoms with van der Waals surface area (Å²) in [6.45, 7) is 0. The highest BCUT2D eigenvalue weighted by Gasteiger charge is 2.51. The highest BCUT2D eigenvalue weighted by molar-refractivity contribution is 5.93. The van der Waals surface area contributed by atoms with Crippen LogP contribution < -0.4 is 0 Å². The largest absolute Gasteiger partial charge is 0.451 e. The van der Waals surface area contributed by atoms with Crippen LogP contribution in [-0.4, -0.2) is 33.0 Å². The van der Waals surface area contributed by atoms with Crippen molar-refractivity contribution in [3.05, 3.63) is 77.8 Å². The van der Waals surface area contributed by atoms with Crippen LogP contribution in [0.3, 0.4) is 0 Å². The van der Waals surface area contributed by atoms with E-state index in [1.165, 1.54) is 18.3 Å². The number of carbonyl (C=O) groups excluding carboxylic acids is 1. The van der Waals surface area contributed by atoms with Gasteiger partial charge in [0, 0.05) is 42.2 Å². The molecule has 4 heterocycles. The van der Waals surface area contributed by atoms with Crippen molar-refractivity contribution in [2.75, 3.05) is 0 Å². The van der Waals surface area contributed by atoms with E-state index in [0.29, 0.717) is 11.3 Å². The van der Waals surface area contributed by atoms with Gasteiger partial charge in [-0.3, -0.25) is 4.79 Å². The van der Waals surface area contributed by atoms with Crippen molar-refractivity contribution in [1.29, 1.82) is 0 Å². The molecule has 2 saturated heterocycles. The standard InChI is InChI=1S/C23H20F2N2O3/c24-15-5-3-14(4-6-15)19-9-10-20(30-19)22(28)27-16-7-8-17(27)13-23(29,12-16)18-2-1-11-26-21(18)25/h1-6,9-11,16-17,29H,7-8,12-13H2. The fourth-order valence-electron chi connectivity index (χ4n) is 4.86. The van der Waals surface area contributed by atoms with Crippen LogP contribution >= 0.6 is 0 Å². The summed E-state index contributed by atoms with van der Waals surface area (Å²) in [5.74, 6) is -0.580. The van der Waals surface area contributed by atoms with Gasteiger partial charge in [0.2, 0.25) is 5.95 Å². The Labute approximate surface area is 172 Å². The van der Waals surface area contributed by atoms with Crippen LogP contribution in [0.15, 0.2) is 59.1 Å². The summed E-state index contributed by atoms with van der Waals surface area (Å²) in [6.07, 6.45) is 3.34. The van der Waals surface area contributed by atoms with Gasteiger partial charge in [0.15, 0.2) is 5.76 Å². The Morgan fingerprint density at radius 3 is 2.43 bits per heavy atom. The summed E-state index contributed by atoms with van der Waals surface area (Å²) in [5, 5.41) is 11.2. The normalized spacial score (nSPS) is 25.5. The van der Waals surface area contributed by atoms with E-state index in [-0.39, 0.29) is 48.0 Å². The topological polar surface area (TPSA) is 66.6 Å². The second-order valence-electron chi connectivity index (χ2n) is 8.05. The molecule has 2 aliphatic heterocycles. The van der Waals surface area contributed by atoms with Crippen LogP contribution in [0.5, 0.6) is 0 Å². The van der Waals surface area contributed by atoms with E-state index in [1.807, 2.05) is 0 Å². The van der Waals surface area contributed by atoms with Crippen LogP contribution in [0.2, 0.25) is 0 Å². The molecule has 1 N–H and O–H groups in total. The molecule has 1 aromatic carbocycles. The first kappa shape index (κ1) is 18.9. The molecule has 1 amide bonds. The lowest BCUT2D eigenvalue weighted by Gasteiger charge is -2.43. The smallest absolute Gasteiger partial charge is 0.290 e. The average molecular weight is 410 g/mol. The van der Waals surface area contributed by atoms with E-state index in [4.69, 9.17) is 4.42 Å². The second kappa shape index (κ2) is 7.02. The number of halogens is 2. The van der Waals surface area contributed by atoms with E-state index < -0.39 is 11.5 Å². The number of furan rings is 1. The lowest BCUT2D eigenvalue weighted by Crippen LogP contribution is -2.52. The number of fused-ring (bicyclic) bond motifs is 2. The molecule has 2 aromatic heterocycles. The van der Waals surface area contributed by atoms with E-state index >= 15 is 0 Å². The number of hydrogen-bond donors (Lipinski definition) is 1. The number of amides is 1. The minimum Gasteiger partial charge on any atom is -0.451 e. The third-order valence-electron chi connectivity index (χ3n) is 6.21. The molecule has 2 atom stereocenters. The maximum atomic E-state index is 14.2. The van der Waals surface area contributed by atoms with Gasteiger partial charge in [-0.05, 0) is 55.3 Å². The van der Waals surface area contributed by atoms with Crippen molar-refractivity contribution in [1.82, 2.24) is 9.88 Å². The minimum absolute atomic E-state index is 0.186. The molecular formula is C23H20F2N2O3. The molecule has 0 radical (unpaired) electrons. The van der Waals surface area contributed by atoms with Gasteiger partial charge in [-0.1, -0.05) is 6.07 Å². The number of aromatic nitrogens is 1. The Hall–Kier alpha value is -3.06. The van der Waals surface area contributed by atoms with Gasteiger partial charge < -0.3 is 14.4 Å².